The van der Waals surface area contributed by atoms with Gasteiger partial charge in [-0.05, 0) is 24.3 Å². The fourth-order valence-corrected chi connectivity index (χ4v) is 1.87. The van der Waals surface area contributed by atoms with Gasteiger partial charge in [-0.2, -0.15) is 0 Å². The normalized spacial score (nSPS) is 11.3. The summed E-state index contributed by atoms with van der Waals surface area (Å²) in [7, 11) is 3.71. The average Bonchev–Trinajstić information content (AvgIpc) is 2.55. The molecule has 0 aliphatic carbocycles. The van der Waals surface area contributed by atoms with Crippen LogP contribution in [-0.2, 0) is 4.74 Å². The van der Waals surface area contributed by atoms with Gasteiger partial charge in [-0.1, -0.05) is 6.07 Å². The third kappa shape index (κ3) is 3.83. The maximum Gasteiger partial charge on any atom is 0.339 e. The number of carbonyl (C=O) groups is 1. The molecular weight excluding hydrogens is 278 g/mol. The number of terminal acetylenes is 1. The highest BCUT2D eigenvalue weighted by atomic mass is 16.5. The number of rotatable bonds is 5. The molecule has 0 bridgehead atoms. The molecule has 0 aliphatic heterocycles. The Morgan fingerprint density at radius 1 is 1.32 bits per heavy atom. The lowest BCUT2D eigenvalue weighted by atomic mass is 10.1. The topological polar surface area (TPSA) is 55.3 Å². The third-order valence-electron chi connectivity index (χ3n) is 3.01. The van der Waals surface area contributed by atoms with Gasteiger partial charge in [0.05, 0.1) is 17.7 Å². The largest absolute Gasteiger partial charge is 0.451 e. The number of pyridine rings is 2. The zero-order valence-corrected chi connectivity index (χ0v) is 12.6. The van der Waals surface area contributed by atoms with E-state index in [0.717, 1.165) is 0 Å². The van der Waals surface area contributed by atoms with Crippen LogP contribution in [0.5, 0.6) is 0 Å². The van der Waals surface area contributed by atoms with E-state index in [4.69, 9.17) is 11.2 Å². The van der Waals surface area contributed by atoms with Crippen LogP contribution >= 0.6 is 0 Å². The standard InChI is InChI=1S/C17H17N3O2/c1-4-7-15(14-8-5-6-10-18-14)22-17(21)13-9-11-19-16(12-13)20(2)3/h1,5-6,8-12,15H,7H2,2-3H3. The van der Waals surface area contributed by atoms with E-state index in [1.54, 1.807) is 36.7 Å². The molecule has 1 atom stereocenters. The highest BCUT2D eigenvalue weighted by molar-refractivity contribution is 5.90. The minimum atomic E-state index is -0.560. The van der Waals surface area contributed by atoms with Gasteiger partial charge >= 0.3 is 5.97 Å². The van der Waals surface area contributed by atoms with Crippen molar-refractivity contribution in [1.82, 2.24) is 9.97 Å². The first-order chi connectivity index (χ1) is 10.6. The second-order valence-electron chi connectivity index (χ2n) is 4.85. The van der Waals surface area contributed by atoms with Gasteiger partial charge in [-0.3, -0.25) is 4.98 Å². The van der Waals surface area contributed by atoms with Crippen LogP contribution < -0.4 is 4.90 Å². The lowest BCUT2D eigenvalue weighted by molar-refractivity contribution is 0.0298. The molecule has 5 heteroatoms. The highest BCUT2D eigenvalue weighted by Crippen LogP contribution is 2.21. The van der Waals surface area contributed by atoms with Crippen molar-refractivity contribution < 1.29 is 9.53 Å². The predicted molar refractivity (Wildman–Crippen MR) is 84.4 cm³/mol. The summed E-state index contributed by atoms with van der Waals surface area (Å²) in [6.45, 7) is 0. The van der Waals surface area contributed by atoms with Crippen LogP contribution in [0, 0.1) is 12.3 Å². The number of esters is 1. The molecule has 0 saturated carbocycles. The van der Waals surface area contributed by atoms with Crippen molar-refractivity contribution in [2.45, 2.75) is 12.5 Å². The molecule has 0 saturated heterocycles. The Kier molecular flexibility index (Phi) is 5.10. The van der Waals surface area contributed by atoms with Crippen LogP contribution in [0.25, 0.3) is 0 Å². The summed E-state index contributed by atoms with van der Waals surface area (Å²) in [6, 6.07) is 8.70. The monoisotopic (exact) mass is 295 g/mol. The van der Waals surface area contributed by atoms with Crippen LogP contribution in [-0.4, -0.2) is 30.0 Å². The zero-order valence-electron chi connectivity index (χ0n) is 12.6. The van der Waals surface area contributed by atoms with Crippen molar-refractivity contribution in [2.75, 3.05) is 19.0 Å². The predicted octanol–water partition coefficient (Wildman–Crippen LogP) is 2.46. The molecule has 0 fully saturated rings. The number of hydrogen-bond donors (Lipinski definition) is 0. The molecule has 0 N–H and O–H groups in total. The Labute approximate surface area is 130 Å². The summed E-state index contributed by atoms with van der Waals surface area (Å²) in [6.07, 6.45) is 8.29. The summed E-state index contributed by atoms with van der Waals surface area (Å²) in [5.74, 6) is 2.75. The van der Waals surface area contributed by atoms with E-state index in [9.17, 15) is 4.79 Å². The molecule has 0 amide bonds. The maximum atomic E-state index is 12.3. The van der Waals surface area contributed by atoms with Gasteiger partial charge in [0.15, 0.2) is 6.10 Å². The highest BCUT2D eigenvalue weighted by Gasteiger charge is 2.18. The summed E-state index contributed by atoms with van der Waals surface area (Å²) >= 11 is 0. The fourth-order valence-electron chi connectivity index (χ4n) is 1.87. The van der Waals surface area contributed by atoms with Crippen LogP contribution in [0.4, 0.5) is 5.82 Å². The van der Waals surface area contributed by atoms with Crippen molar-refractivity contribution in [3.8, 4) is 12.3 Å². The summed E-state index contributed by atoms with van der Waals surface area (Å²) in [5.41, 5.74) is 1.06. The second kappa shape index (κ2) is 7.23. The molecule has 0 aromatic carbocycles. The molecule has 2 rings (SSSR count). The number of anilines is 1. The molecule has 2 aromatic heterocycles. The van der Waals surface area contributed by atoms with Crippen molar-refractivity contribution in [3.05, 3.63) is 54.0 Å². The average molecular weight is 295 g/mol. The number of carbonyl (C=O) groups excluding carboxylic acids is 1. The van der Waals surface area contributed by atoms with Gasteiger partial charge in [0.2, 0.25) is 0 Å². The molecule has 2 heterocycles. The van der Waals surface area contributed by atoms with E-state index in [1.165, 1.54) is 0 Å². The Balaban J connectivity index is 2.18. The van der Waals surface area contributed by atoms with Crippen LogP contribution in [0.15, 0.2) is 42.7 Å². The number of hydrogen-bond acceptors (Lipinski definition) is 5. The molecule has 0 aliphatic rings. The fraction of sp³-hybridized carbons (Fsp3) is 0.235. The molecule has 5 nitrogen and oxygen atoms in total. The van der Waals surface area contributed by atoms with E-state index < -0.39 is 12.1 Å². The maximum absolute atomic E-state index is 12.3. The van der Waals surface area contributed by atoms with Crippen molar-refractivity contribution in [1.29, 1.82) is 0 Å². The second-order valence-corrected chi connectivity index (χ2v) is 4.85. The van der Waals surface area contributed by atoms with Gasteiger partial charge in [-0.15, -0.1) is 12.3 Å². The van der Waals surface area contributed by atoms with Gasteiger partial charge in [-0.25, -0.2) is 9.78 Å². The molecule has 22 heavy (non-hydrogen) atoms. The summed E-state index contributed by atoms with van der Waals surface area (Å²) in [5, 5.41) is 0. The Bertz CT molecular complexity index is 678. The molecule has 1 unspecified atom stereocenters. The molecule has 2 aromatic rings. The van der Waals surface area contributed by atoms with Crippen LogP contribution in [0.2, 0.25) is 0 Å². The number of aromatic nitrogens is 2. The van der Waals surface area contributed by atoms with Crippen molar-refractivity contribution in [2.24, 2.45) is 0 Å². The quantitative estimate of drug-likeness (QED) is 0.626. The summed E-state index contributed by atoms with van der Waals surface area (Å²) in [4.78, 5) is 22.5. The minimum absolute atomic E-state index is 0.272. The number of nitrogens with zero attached hydrogens (tertiary/aromatic N) is 3. The number of ether oxygens (including phenoxy) is 1. The SMILES string of the molecule is C#CCC(OC(=O)c1ccnc(N(C)C)c1)c1ccccn1. The zero-order chi connectivity index (χ0) is 15.9. The van der Waals surface area contributed by atoms with Crippen molar-refractivity contribution in [3.63, 3.8) is 0 Å². The first kappa shape index (κ1) is 15.5. The van der Waals surface area contributed by atoms with Crippen molar-refractivity contribution >= 4 is 11.8 Å². The Morgan fingerprint density at radius 3 is 2.77 bits per heavy atom. The van der Waals surface area contributed by atoms with E-state index in [1.807, 2.05) is 25.1 Å². The van der Waals surface area contributed by atoms with Gasteiger partial charge in [0, 0.05) is 26.5 Å². The van der Waals surface area contributed by atoms with E-state index >= 15 is 0 Å². The van der Waals surface area contributed by atoms with Crippen LogP contribution in [0.1, 0.15) is 28.6 Å². The van der Waals surface area contributed by atoms with Gasteiger partial charge in [0.25, 0.3) is 0 Å². The lowest BCUT2D eigenvalue weighted by Crippen LogP contribution is -2.15. The van der Waals surface area contributed by atoms with Crippen LogP contribution in [0.3, 0.4) is 0 Å². The third-order valence-corrected chi connectivity index (χ3v) is 3.01. The molecule has 0 spiro atoms. The van der Waals surface area contributed by atoms with Gasteiger partial charge in [0.1, 0.15) is 5.82 Å². The lowest BCUT2D eigenvalue weighted by Gasteiger charge is -2.16. The van der Waals surface area contributed by atoms with E-state index in [0.29, 0.717) is 17.1 Å². The summed E-state index contributed by atoms with van der Waals surface area (Å²) < 4.78 is 5.51. The van der Waals surface area contributed by atoms with Gasteiger partial charge < -0.3 is 9.64 Å². The Morgan fingerprint density at radius 2 is 2.14 bits per heavy atom. The minimum Gasteiger partial charge on any atom is -0.451 e. The molecule has 112 valence electrons. The molecule has 0 radical (unpaired) electrons. The van der Waals surface area contributed by atoms with E-state index in [2.05, 4.69) is 15.9 Å². The first-order valence-electron chi connectivity index (χ1n) is 6.80. The molecular formula is C17H17N3O2. The van der Waals surface area contributed by atoms with E-state index in [-0.39, 0.29) is 6.42 Å². The Hall–Kier alpha value is -2.87. The smallest absolute Gasteiger partial charge is 0.339 e. The first-order valence-corrected chi connectivity index (χ1v) is 6.80.